The van der Waals surface area contributed by atoms with E-state index < -0.39 is 0 Å². The second-order valence-electron chi connectivity index (χ2n) is 4.96. The van der Waals surface area contributed by atoms with Crippen LogP contribution in [0.1, 0.15) is 39.2 Å². The second kappa shape index (κ2) is 7.27. The predicted octanol–water partition coefficient (Wildman–Crippen LogP) is 3.22. The molecule has 1 N–H and O–H groups in total. The molecule has 0 spiro atoms. The van der Waals surface area contributed by atoms with Crippen LogP contribution >= 0.6 is 0 Å². The molecule has 0 aliphatic rings. The van der Waals surface area contributed by atoms with Crippen molar-refractivity contribution >= 4 is 0 Å². The monoisotopic (exact) mass is 252 g/mol. The Morgan fingerprint density at radius 2 is 1.67 bits per heavy atom. The minimum absolute atomic E-state index is 0.0896. The fourth-order valence-corrected chi connectivity index (χ4v) is 1.58. The predicted molar refractivity (Wildman–Crippen MR) is 73.4 cm³/mol. The standard InChI is InChI=1S/C15H24O3/c1-5-17-14-6-13(12(4)9-16)7-15(8-14)18-10-11(2)3/h6-8,11-12,16H,5,9-10H2,1-4H3. The van der Waals surface area contributed by atoms with Crippen molar-refractivity contribution in [3.05, 3.63) is 23.8 Å². The van der Waals surface area contributed by atoms with E-state index in [1.165, 1.54) is 0 Å². The van der Waals surface area contributed by atoms with Crippen LogP contribution in [0.4, 0.5) is 0 Å². The Morgan fingerprint density at radius 1 is 1.06 bits per heavy atom. The van der Waals surface area contributed by atoms with Gasteiger partial charge in [-0.1, -0.05) is 20.8 Å². The van der Waals surface area contributed by atoms with Gasteiger partial charge in [0, 0.05) is 18.6 Å². The summed E-state index contributed by atoms with van der Waals surface area (Å²) in [6, 6.07) is 5.85. The molecule has 0 saturated heterocycles. The Balaban J connectivity index is 2.90. The highest BCUT2D eigenvalue weighted by Gasteiger charge is 2.09. The maximum absolute atomic E-state index is 9.24. The fourth-order valence-electron chi connectivity index (χ4n) is 1.58. The molecule has 0 aliphatic carbocycles. The van der Waals surface area contributed by atoms with Gasteiger partial charge in [0.2, 0.25) is 0 Å². The molecule has 0 fully saturated rings. The molecule has 1 rings (SSSR count). The SMILES string of the molecule is CCOc1cc(OCC(C)C)cc(C(C)CO)c1. The molecule has 0 radical (unpaired) electrons. The van der Waals surface area contributed by atoms with E-state index in [2.05, 4.69) is 13.8 Å². The van der Waals surface area contributed by atoms with Gasteiger partial charge >= 0.3 is 0 Å². The van der Waals surface area contributed by atoms with Gasteiger partial charge in [-0.15, -0.1) is 0 Å². The number of aliphatic hydroxyl groups is 1. The average Bonchev–Trinajstić information content (AvgIpc) is 2.35. The summed E-state index contributed by atoms with van der Waals surface area (Å²) < 4.78 is 11.3. The van der Waals surface area contributed by atoms with Gasteiger partial charge in [0.15, 0.2) is 0 Å². The number of rotatable bonds is 7. The lowest BCUT2D eigenvalue weighted by Gasteiger charge is -2.15. The molecule has 0 aliphatic heterocycles. The van der Waals surface area contributed by atoms with Crippen molar-refractivity contribution in [2.24, 2.45) is 5.92 Å². The van der Waals surface area contributed by atoms with Crippen molar-refractivity contribution in [3.8, 4) is 11.5 Å². The molecule has 1 aromatic rings. The first-order chi connectivity index (χ1) is 8.56. The van der Waals surface area contributed by atoms with Gasteiger partial charge in [-0.25, -0.2) is 0 Å². The molecule has 1 unspecified atom stereocenters. The molecule has 0 amide bonds. The van der Waals surface area contributed by atoms with E-state index in [0.29, 0.717) is 19.1 Å². The Bertz CT molecular complexity index is 361. The Labute approximate surface area is 110 Å². The zero-order valence-electron chi connectivity index (χ0n) is 11.8. The smallest absolute Gasteiger partial charge is 0.123 e. The van der Waals surface area contributed by atoms with Gasteiger partial charge in [-0.2, -0.15) is 0 Å². The normalized spacial score (nSPS) is 12.6. The maximum atomic E-state index is 9.24. The topological polar surface area (TPSA) is 38.7 Å². The molecular weight excluding hydrogens is 228 g/mol. The van der Waals surface area contributed by atoms with Gasteiger partial charge in [0.1, 0.15) is 11.5 Å². The summed E-state index contributed by atoms with van der Waals surface area (Å²) in [5.74, 6) is 2.19. The van der Waals surface area contributed by atoms with Gasteiger partial charge in [0.05, 0.1) is 13.2 Å². The Kier molecular flexibility index (Phi) is 5.99. The van der Waals surface area contributed by atoms with E-state index in [0.717, 1.165) is 17.1 Å². The van der Waals surface area contributed by atoms with Crippen LogP contribution < -0.4 is 9.47 Å². The quantitative estimate of drug-likeness (QED) is 0.809. The average molecular weight is 252 g/mol. The number of ether oxygens (including phenoxy) is 2. The van der Waals surface area contributed by atoms with Crippen LogP contribution in [-0.4, -0.2) is 24.9 Å². The van der Waals surface area contributed by atoms with E-state index in [9.17, 15) is 5.11 Å². The van der Waals surface area contributed by atoms with Crippen molar-refractivity contribution in [1.29, 1.82) is 0 Å². The summed E-state index contributed by atoms with van der Waals surface area (Å²) in [5.41, 5.74) is 1.04. The lowest BCUT2D eigenvalue weighted by molar-refractivity contribution is 0.263. The molecule has 3 nitrogen and oxygen atoms in total. The van der Waals surface area contributed by atoms with E-state index in [-0.39, 0.29) is 12.5 Å². The summed E-state index contributed by atoms with van der Waals surface area (Å²) in [6.07, 6.45) is 0. The molecule has 3 heteroatoms. The van der Waals surface area contributed by atoms with Crippen molar-refractivity contribution in [2.75, 3.05) is 19.8 Å². The van der Waals surface area contributed by atoms with Crippen molar-refractivity contribution in [1.82, 2.24) is 0 Å². The second-order valence-corrected chi connectivity index (χ2v) is 4.96. The summed E-state index contributed by atoms with van der Waals surface area (Å²) in [4.78, 5) is 0. The first kappa shape index (κ1) is 14.8. The van der Waals surface area contributed by atoms with E-state index in [1.54, 1.807) is 0 Å². The lowest BCUT2D eigenvalue weighted by atomic mass is 10.0. The molecule has 1 aromatic carbocycles. The maximum Gasteiger partial charge on any atom is 0.123 e. The van der Waals surface area contributed by atoms with Crippen LogP contribution in [0.25, 0.3) is 0 Å². The summed E-state index contributed by atoms with van der Waals surface area (Å²) in [5, 5.41) is 9.24. The third-order valence-corrected chi connectivity index (χ3v) is 2.64. The van der Waals surface area contributed by atoms with Gasteiger partial charge < -0.3 is 14.6 Å². The first-order valence-electron chi connectivity index (χ1n) is 6.58. The zero-order valence-corrected chi connectivity index (χ0v) is 11.8. The van der Waals surface area contributed by atoms with Gasteiger partial charge in [-0.05, 0) is 30.5 Å². The number of aliphatic hydroxyl groups excluding tert-OH is 1. The molecule has 0 aromatic heterocycles. The highest BCUT2D eigenvalue weighted by Crippen LogP contribution is 2.27. The van der Waals surface area contributed by atoms with E-state index in [1.807, 2.05) is 32.0 Å². The van der Waals surface area contributed by atoms with Crippen molar-refractivity contribution in [2.45, 2.75) is 33.6 Å². The fraction of sp³-hybridized carbons (Fsp3) is 0.600. The van der Waals surface area contributed by atoms with Crippen molar-refractivity contribution < 1.29 is 14.6 Å². The highest BCUT2D eigenvalue weighted by atomic mass is 16.5. The summed E-state index contributed by atoms with van der Waals surface area (Å²) >= 11 is 0. The largest absolute Gasteiger partial charge is 0.494 e. The van der Waals surface area contributed by atoms with E-state index in [4.69, 9.17) is 9.47 Å². The number of benzene rings is 1. The Morgan fingerprint density at radius 3 is 2.17 bits per heavy atom. The minimum atomic E-state index is 0.0896. The zero-order chi connectivity index (χ0) is 13.5. The van der Waals surface area contributed by atoms with Crippen LogP contribution in [0.3, 0.4) is 0 Å². The molecule has 1 atom stereocenters. The van der Waals surface area contributed by atoms with E-state index >= 15 is 0 Å². The van der Waals surface area contributed by atoms with Crippen LogP contribution in [0, 0.1) is 5.92 Å². The minimum Gasteiger partial charge on any atom is -0.494 e. The molecule has 0 saturated carbocycles. The third-order valence-electron chi connectivity index (χ3n) is 2.64. The van der Waals surface area contributed by atoms with Crippen LogP contribution in [-0.2, 0) is 0 Å². The highest BCUT2D eigenvalue weighted by molar-refractivity contribution is 5.40. The molecule has 0 bridgehead atoms. The first-order valence-corrected chi connectivity index (χ1v) is 6.58. The van der Waals surface area contributed by atoms with Crippen LogP contribution in [0.5, 0.6) is 11.5 Å². The number of hydrogen-bond acceptors (Lipinski definition) is 3. The van der Waals surface area contributed by atoms with Crippen LogP contribution in [0.2, 0.25) is 0 Å². The van der Waals surface area contributed by atoms with Crippen molar-refractivity contribution in [3.63, 3.8) is 0 Å². The van der Waals surface area contributed by atoms with Gasteiger partial charge in [0.25, 0.3) is 0 Å². The van der Waals surface area contributed by atoms with Crippen LogP contribution in [0.15, 0.2) is 18.2 Å². The Hall–Kier alpha value is -1.22. The summed E-state index contributed by atoms with van der Waals surface area (Å²) in [6.45, 7) is 9.60. The summed E-state index contributed by atoms with van der Waals surface area (Å²) in [7, 11) is 0. The molecular formula is C15H24O3. The lowest BCUT2D eigenvalue weighted by Crippen LogP contribution is -2.06. The number of hydrogen-bond donors (Lipinski definition) is 1. The van der Waals surface area contributed by atoms with Gasteiger partial charge in [-0.3, -0.25) is 0 Å². The third kappa shape index (κ3) is 4.57. The molecule has 18 heavy (non-hydrogen) atoms. The molecule has 0 heterocycles. The molecule has 102 valence electrons.